The third kappa shape index (κ3) is 4.69. The number of methoxy groups -OCH3 is 2. The lowest BCUT2D eigenvalue weighted by Crippen LogP contribution is -2.23. The zero-order valence-corrected chi connectivity index (χ0v) is 13.2. The number of rotatable bonds is 8. The summed E-state index contributed by atoms with van der Waals surface area (Å²) in [6.45, 7) is 7.68. The van der Waals surface area contributed by atoms with Gasteiger partial charge in [-0.15, -0.1) is 0 Å². The third-order valence-corrected chi connectivity index (χ3v) is 3.54. The molecule has 0 aliphatic carbocycles. The minimum atomic E-state index is -0.242. The molecule has 0 spiro atoms. The number of nitrogens with one attached hydrogen (secondary N) is 1. The molecule has 0 heterocycles. The molecule has 0 bridgehead atoms. The zero-order chi connectivity index (χ0) is 15.1. The van der Waals surface area contributed by atoms with Gasteiger partial charge in [0, 0.05) is 6.54 Å². The normalized spacial score (nSPS) is 12.6. The van der Waals surface area contributed by atoms with Crippen LogP contribution >= 0.6 is 0 Å². The predicted molar refractivity (Wildman–Crippen MR) is 81.5 cm³/mol. The van der Waals surface area contributed by atoms with Gasteiger partial charge in [0.15, 0.2) is 11.5 Å². The molecule has 0 saturated heterocycles. The highest BCUT2D eigenvalue weighted by molar-refractivity contribution is 5.46. The number of aliphatic hydroxyl groups excluding tert-OH is 1. The van der Waals surface area contributed by atoms with Gasteiger partial charge in [-0.25, -0.2) is 0 Å². The van der Waals surface area contributed by atoms with E-state index in [0.29, 0.717) is 5.92 Å². The first-order valence-electron chi connectivity index (χ1n) is 7.09. The van der Waals surface area contributed by atoms with Gasteiger partial charge in [0.25, 0.3) is 0 Å². The molecule has 1 aromatic carbocycles. The topological polar surface area (TPSA) is 50.7 Å². The summed E-state index contributed by atoms with van der Waals surface area (Å²) in [6, 6.07) is 3.98. The molecule has 0 amide bonds. The van der Waals surface area contributed by atoms with Crippen molar-refractivity contribution in [2.45, 2.75) is 39.8 Å². The van der Waals surface area contributed by atoms with Crippen LogP contribution in [0, 0.1) is 12.8 Å². The quantitative estimate of drug-likeness (QED) is 0.719. The molecule has 1 atom stereocenters. The molecule has 114 valence electrons. The van der Waals surface area contributed by atoms with Crippen LogP contribution in [0.15, 0.2) is 12.1 Å². The van der Waals surface area contributed by atoms with Crippen LogP contribution in [0.5, 0.6) is 11.5 Å². The van der Waals surface area contributed by atoms with Gasteiger partial charge in [0.2, 0.25) is 0 Å². The van der Waals surface area contributed by atoms with Crippen molar-refractivity contribution in [1.82, 2.24) is 5.32 Å². The van der Waals surface area contributed by atoms with Gasteiger partial charge in [-0.3, -0.25) is 0 Å². The number of aryl methyl sites for hydroxylation is 1. The van der Waals surface area contributed by atoms with Crippen molar-refractivity contribution in [2.24, 2.45) is 5.92 Å². The highest BCUT2D eigenvalue weighted by Crippen LogP contribution is 2.30. The summed E-state index contributed by atoms with van der Waals surface area (Å²) < 4.78 is 10.6. The molecule has 0 aliphatic rings. The van der Waals surface area contributed by atoms with E-state index in [1.54, 1.807) is 14.2 Å². The molecule has 4 nitrogen and oxygen atoms in total. The van der Waals surface area contributed by atoms with Crippen molar-refractivity contribution < 1.29 is 14.6 Å². The summed E-state index contributed by atoms with van der Waals surface area (Å²) in [5, 5.41) is 13.1. The minimum Gasteiger partial charge on any atom is -0.493 e. The number of hydrogen-bond donors (Lipinski definition) is 2. The number of benzene rings is 1. The van der Waals surface area contributed by atoms with Crippen LogP contribution in [-0.2, 0) is 6.54 Å². The molecule has 4 heteroatoms. The van der Waals surface area contributed by atoms with Gasteiger partial charge in [-0.1, -0.05) is 13.8 Å². The SMILES string of the molecule is COc1cc(C)c(CNCCC(O)C(C)C)cc1OC. The molecule has 0 saturated carbocycles. The van der Waals surface area contributed by atoms with E-state index in [4.69, 9.17) is 9.47 Å². The Labute approximate surface area is 122 Å². The molecule has 0 aliphatic heterocycles. The van der Waals surface area contributed by atoms with E-state index in [1.807, 2.05) is 26.0 Å². The largest absolute Gasteiger partial charge is 0.493 e. The van der Waals surface area contributed by atoms with E-state index >= 15 is 0 Å². The third-order valence-electron chi connectivity index (χ3n) is 3.54. The van der Waals surface area contributed by atoms with Crippen molar-refractivity contribution >= 4 is 0 Å². The minimum absolute atomic E-state index is 0.242. The summed E-state index contributed by atoms with van der Waals surface area (Å²) in [5.74, 6) is 1.81. The van der Waals surface area contributed by atoms with Gasteiger partial charge in [0.1, 0.15) is 0 Å². The zero-order valence-electron chi connectivity index (χ0n) is 13.2. The smallest absolute Gasteiger partial charge is 0.161 e. The van der Waals surface area contributed by atoms with Crippen LogP contribution in [-0.4, -0.2) is 32.0 Å². The summed E-state index contributed by atoms with van der Waals surface area (Å²) in [4.78, 5) is 0. The molecule has 0 aromatic heterocycles. The Morgan fingerprint density at radius 1 is 1.15 bits per heavy atom. The average Bonchev–Trinajstić information content (AvgIpc) is 2.43. The molecule has 1 unspecified atom stereocenters. The second-order valence-corrected chi connectivity index (χ2v) is 5.41. The second-order valence-electron chi connectivity index (χ2n) is 5.41. The number of hydrogen-bond acceptors (Lipinski definition) is 4. The Bertz CT molecular complexity index is 418. The summed E-state index contributed by atoms with van der Waals surface area (Å²) in [7, 11) is 3.28. The first-order chi connectivity index (χ1) is 9.49. The van der Waals surface area contributed by atoms with Crippen molar-refractivity contribution in [3.05, 3.63) is 23.3 Å². The predicted octanol–water partition coefficient (Wildman–Crippen LogP) is 2.51. The highest BCUT2D eigenvalue weighted by atomic mass is 16.5. The maximum atomic E-state index is 9.75. The van der Waals surface area contributed by atoms with Crippen molar-refractivity contribution in [3.8, 4) is 11.5 Å². The highest BCUT2D eigenvalue weighted by Gasteiger charge is 2.10. The van der Waals surface area contributed by atoms with Crippen LogP contribution in [0.25, 0.3) is 0 Å². The molecule has 1 aromatic rings. The first-order valence-corrected chi connectivity index (χ1v) is 7.09. The Morgan fingerprint density at radius 2 is 1.75 bits per heavy atom. The maximum Gasteiger partial charge on any atom is 0.161 e. The molecule has 0 radical (unpaired) electrons. The van der Waals surface area contributed by atoms with Crippen LogP contribution in [0.1, 0.15) is 31.4 Å². The monoisotopic (exact) mass is 281 g/mol. The lowest BCUT2D eigenvalue weighted by Gasteiger charge is -2.16. The van der Waals surface area contributed by atoms with Gasteiger partial charge >= 0.3 is 0 Å². The van der Waals surface area contributed by atoms with Gasteiger partial charge < -0.3 is 19.9 Å². The molecule has 2 N–H and O–H groups in total. The van der Waals surface area contributed by atoms with Crippen molar-refractivity contribution in [2.75, 3.05) is 20.8 Å². The van der Waals surface area contributed by atoms with Crippen LogP contribution in [0.3, 0.4) is 0 Å². The van der Waals surface area contributed by atoms with E-state index in [-0.39, 0.29) is 6.10 Å². The molecule has 0 fully saturated rings. The maximum absolute atomic E-state index is 9.75. The standard InChI is InChI=1S/C16H27NO3/c1-11(2)14(18)6-7-17-10-13-9-16(20-5)15(19-4)8-12(13)3/h8-9,11,14,17-18H,6-7,10H2,1-5H3. The van der Waals surface area contributed by atoms with E-state index in [1.165, 1.54) is 11.1 Å². The Hall–Kier alpha value is -1.26. The van der Waals surface area contributed by atoms with Gasteiger partial charge in [-0.05, 0) is 49.1 Å². The fourth-order valence-corrected chi connectivity index (χ4v) is 2.02. The first kappa shape index (κ1) is 16.8. The van der Waals surface area contributed by atoms with E-state index in [2.05, 4.69) is 12.2 Å². The Morgan fingerprint density at radius 3 is 2.30 bits per heavy atom. The molecule has 1 rings (SSSR count). The Kier molecular flexibility index (Phi) is 6.82. The van der Waals surface area contributed by atoms with Crippen LogP contribution in [0.2, 0.25) is 0 Å². The lowest BCUT2D eigenvalue weighted by atomic mass is 10.0. The van der Waals surface area contributed by atoms with E-state index in [0.717, 1.165) is 31.0 Å². The summed E-state index contributed by atoms with van der Waals surface area (Å²) in [5.41, 5.74) is 2.35. The van der Waals surface area contributed by atoms with Crippen molar-refractivity contribution in [3.63, 3.8) is 0 Å². The fourth-order valence-electron chi connectivity index (χ4n) is 2.02. The summed E-state index contributed by atoms with van der Waals surface area (Å²) in [6.07, 6.45) is 0.526. The van der Waals surface area contributed by atoms with E-state index in [9.17, 15) is 5.11 Å². The number of aliphatic hydroxyl groups is 1. The van der Waals surface area contributed by atoms with Crippen LogP contribution in [0.4, 0.5) is 0 Å². The molecular formula is C16H27NO3. The molecular weight excluding hydrogens is 254 g/mol. The van der Waals surface area contributed by atoms with Crippen LogP contribution < -0.4 is 14.8 Å². The van der Waals surface area contributed by atoms with Gasteiger partial charge in [-0.2, -0.15) is 0 Å². The average molecular weight is 281 g/mol. The van der Waals surface area contributed by atoms with E-state index < -0.39 is 0 Å². The summed E-state index contributed by atoms with van der Waals surface area (Å²) >= 11 is 0. The van der Waals surface area contributed by atoms with Gasteiger partial charge in [0.05, 0.1) is 20.3 Å². The number of ether oxygens (including phenoxy) is 2. The Balaban J connectivity index is 2.56. The fraction of sp³-hybridized carbons (Fsp3) is 0.625. The molecule has 20 heavy (non-hydrogen) atoms. The van der Waals surface area contributed by atoms with Crippen molar-refractivity contribution in [1.29, 1.82) is 0 Å². The second kappa shape index (κ2) is 8.12. The lowest BCUT2D eigenvalue weighted by molar-refractivity contribution is 0.116.